The summed E-state index contributed by atoms with van der Waals surface area (Å²) >= 11 is 0. The van der Waals surface area contributed by atoms with Gasteiger partial charge in [-0.2, -0.15) is 0 Å². The van der Waals surface area contributed by atoms with E-state index in [1.165, 1.54) is 17.2 Å². The summed E-state index contributed by atoms with van der Waals surface area (Å²) in [5, 5.41) is 5.47. The molecule has 0 bridgehead atoms. The fourth-order valence-electron chi connectivity index (χ4n) is 2.54. The number of rotatable bonds is 7. The van der Waals surface area contributed by atoms with Crippen molar-refractivity contribution in [3.8, 4) is 5.75 Å². The number of ether oxygens (including phenoxy) is 1. The molecule has 0 heterocycles. The Hall–Kier alpha value is -3.08. The topological polar surface area (TPSA) is 67.4 Å². The van der Waals surface area contributed by atoms with Crippen molar-refractivity contribution in [2.75, 3.05) is 18.5 Å². The summed E-state index contributed by atoms with van der Waals surface area (Å²) < 4.78 is 5.38. The summed E-state index contributed by atoms with van der Waals surface area (Å²) in [5.74, 6) is 0.200. The molecule has 0 aliphatic carbocycles. The third-order valence-electron chi connectivity index (χ3n) is 4.16. The summed E-state index contributed by atoms with van der Waals surface area (Å²) in [6, 6.07) is 11.1. The maximum absolute atomic E-state index is 12.1. The van der Waals surface area contributed by atoms with E-state index in [1.807, 2.05) is 19.9 Å². The van der Waals surface area contributed by atoms with E-state index >= 15 is 0 Å². The fourth-order valence-corrected chi connectivity index (χ4v) is 2.54. The lowest BCUT2D eigenvalue weighted by Gasteiger charge is -2.08. The predicted molar refractivity (Wildman–Crippen MR) is 109 cm³/mol. The molecule has 0 spiro atoms. The molecule has 0 aliphatic rings. The van der Waals surface area contributed by atoms with Crippen molar-refractivity contribution >= 4 is 23.6 Å². The Morgan fingerprint density at radius 1 is 1.00 bits per heavy atom. The van der Waals surface area contributed by atoms with Crippen molar-refractivity contribution in [1.29, 1.82) is 0 Å². The molecule has 0 aliphatic heterocycles. The largest absolute Gasteiger partial charge is 0.484 e. The number of anilines is 1. The summed E-state index contributed by atoms with van der Waals surface area (Å²) in [6.07, 6.45) is 3.34. The Bertz CT molecular complexity index is 839. The highest BCUT2D eigenvalue weighted by molar-refractivity contribution is 6.02. The lowest BCUT2D eigenvalue weighted by molar-refractivity contribution is -0.123. The van der Waals surface area contributed by atoms with Gasteiger partial charge in [-0.25, -0.2) is 0 Å². The summed E-state index contributed by atoms with van der Waals surface area (Å²) in [4.78, 5) is 23.5. The number of hydrogen-bond acceptors (Lipinski definition) is 3. The molecule has 0 atom stereocenters. The van der Waals surface area contributed by atoms with Gasteiger partial charge in [0.2, 0.25) is 5.91 Å². The second-order valence-electron chi connectivity index (χ2n) is 6.38. The van der Waals surface area contributed by atoms with Crippen molar-refractivity contribution < 1.29 is 14.3 Å². The number of carbonyl (C=O) groups is 2. The number of aryl methyl sites for hydroxylation is 3. The van der Waals surface area contributed by atoms with Gasteiger partial charge in [0.05, 0.1) is 0 Å². The zero-order chi connectivity index (χ0) is 19.8. The average molecular weight is 366 g/mol. The molecule has 0 fully saturated rings. The molecule has 2 N–H and O–H groups in total. The van der Waals surface area contributed by atoms with Gasteiger partial charge in [0, 0.05) is 18.3 Å². The first-order valence-electron chi connectivity index (χ1n) is 8.95. The fraction of sp³-hybridized carbons (Fsp3) is 0.273. The Morgan fingerprint density at radius 2 is 1.67 bits per heavy atom. The highest BCUT2D eigenvalue weighted by Gasteiger charge is 2.03. The third kappa shape index (κ3) is 6.29. The lowest BCUT2D eigenvalue weighted by atomic mass is 10.0. The monoisotopic (exact) mass is 366 g/mol. The van der Waals surface area contributed by atoms with Gasteiger partial charge in [-0.15, -0.1) is 0 Å². The maximum Gasteiger partial charge on any atom is 0.257 e. The minimum Gasteiger partial charge on any atom is -0.484 e. The molecular formula is C22H26N2O3. The molecule has 0 unspecified atom stereocenters. The number of amides is 2. The van der Waals surface area contributed by atoms with E-state index in [2.05, 4.69) is 36.6 Å². The number of benzene rings is 2. The first-order valence-corrected chi connectivity index (χ1v) is 8.95. The molecule has 0 saturated carbocycles. The summed E-state index contributed by atoms with van der Waals surface area (Å²) in [7, 11) is 0. The Balaban J connectivity index is 1.92. The van der Waals surface area contributed by atoms with Gasteiger partial charge in [0.25, 0.3) is 5.91 Å². The van der Waals surface area contributed by atoms with Gasteiger partial charge in [-0.3, -0.25) is 9.59 Å². The van der Waals surface area contributed by atoms with Crippen LogP contribution in [0, 0.1) is 20.8 Å². The standard InChI is InChI=1S/C22H26N2O3/c1-5-23-22(26)14-27-20-9-7-19(8-10-20)24-21(25)11-6-18-13-16(3)15(2)12-17(18)4/h6-13H,5,14H2,1-4H3,(H,23,26)(H,24,25). The normalized spacial score (nSPS) is 10.7. The van der Waals surface area contributed by atoms with Crippen LogP contribution in [0.5, 0.6) is 5.75 Å². The van der Waals surface area contributed by atoms with Crippen LogP contribution in [0.25, 0.3) is 6.08 Å². The summed E-state index contributed by atoms with van der Waals surface area (Å²) in [6.45, 7) is 8.56. The molecule has 2 rings (SSSR count). The average Bonchev–Trinajstić information content (AvgIpc) is 2.63. The van der Waals surface area contributed by atoms with Crippen molar-refractivity contribution in [1.82, 2.24) is 5.32 Å². The molecule has 0 aromatic heterocycles. The van der Waals surface area contributed by atoms with E-state index in [0.29, 0.717) is 18.0 Å². The molecule has 5 heteroatoms. The van der Waals surface area contributed by atoms with Crippen LogP contribution in [0.3, 0.4) is 0 Å². The maximum atomic E-state index is 12.1. The minimum absolute atomic E-state index is 0.0302. The van der Waals surface area contributed by atoms with Crippen LogP contribution in [0.1, 0.15) is 29.2 Å². The van der Waals surface area contributed by atoms with Crippen molar-refractivity contribution in [2.45, 2.75) is 27.7 Å². The van der Waals surface area contributed by atoms with E-state index in [4.69, 9.17) is 4.74 Å². The van der Waals surface area contributed by atoms with E-state index in [9.17, 15) is 9.59 Å². The quantitative estimate of drug-likeness (QED) is 0.733. The second kappa shape index (κ2) is 9.57. The van der Waals surface area contributed by atoms with Crippen LogP contribution in [0.2, 0.25) is 0 Å². The Morgan fingerprint density at radius 3 is 2.33 bits per heavy atom. The molecule has 142 valence electrons. The SMILES string of the molecule is CCNC(=O)COc1ccc(NC(=O)C=Cc2cc(C)c(C)cc2C)cc1. The number of hydrogen-bond donors (Lipinski definition) is 2. The van der Waals surface area contributed by atoms with Crippen molar-refractivity contribution in [3.05, 3.63) is 64.7 Å². The first kappa shape index (κ1) is 20.2. The van der Waals surface area contributed by atoms with E-state index in [1.54, 1.807) is 24.3 Å². The zero-order valence-electron chi connectivity index (χ0n) is 16.3. The van der Waals surface area contributed by atoms with Crippen LogP contribution < -0.4 is 15.4 Å². The predicted octanol–water partition coefficient (Wildman–Crippen LogP) is 3.78. The van der Waals surface area contributed by atoms with Crippen LogP contribution >= 0.6 is 0 Å². The Labute approximate surface area is 160 Å². The van der Waals surface area contributed by atoms with Gasteiger partial charge in [-0.1, -0.05) is 12.1 Å². The van der Waals surface area contributed by atoms with Crippen molar-refractivity contribution in [2.24, 2.45) is 0 Å². The second-order valence-corrected chi connectivity index (χ2v) is 6.38. The summed E-state index contributed by atoms with van der Waals surface area (Å²) in [5.41, 5.74) is 5.26. The first-order chi connectivity index (χ1) is 12.9. The zero-order valence-corrected chi connectivity index (χ0v) is 16.3. The molecule has 2 aromatic carbocycles. The number of nitrogens with one attached hydrogen (secondary N) is 2. The highest BCUT2D eigenvalue weighted by atomic mass is 16.5. The van der Waals surface area contributed by atoms with Crippen molar-refractivity contribution in [3.63, 3.8) is 0 Å². The Kier molecular flexibility index (Phi) is 7.17. The van der Waals surface area contributed by atoms with Gasteiger partial charge in [0.1, 0.15) is 5.75 Å². The van der Waals surface area contributed by atoms with Gasteiger partial charge >= 0.3 is 0 Å². The van der Waals surface area contributed by atoms with E-state index < -0.39 is 0 Å². The third-order valence-corrected chi connectivity index (χ3v) is 4.16. The molecular weight excluding hydrogens is 340 g/mol. The minimum atomic E-state index is -0.205. The van der Waals surface area contributed by atoms with Gasteiger partial charge in [0.15, 0.2) is 6.61 Å². The molecule has 2 amide bonds. The van der Waals surface area contributed by atoms with Gasteiger partial charge < -0.3 is 15.4 Å². The molecule has 27 heavy (non-hydrogen) atoms. The highest BCUT2D eigenvalue weighted by Crippen LogP contribution is 2.18. The number of likely N-dealkylation sites (N-methyl/N-ethyl adjacent to an activating group) is 1. The smallest absolute Gasteiger partial charge is 0.257 e. The van der Waals surface area contributed by atoms with E-state index in [0.717, 1.165) is 11.1 Å². The van der Waals surface area contributed by atoms with Crippen LogP contribution in [-0.2, 0) is 9.59 Å². The molecule has 0 radical (unpaired) electrons. The molecule has 0 saturated heterocycles. The van der Waals surface area contributed by atoms with Gasteiger partial charge in [-0.05, 0) is 80.3 Å². The molecule has 5 nitrogen and oxygen atoms in total. The molecule has 2 aromatic rings. The number of carbonyl (C=O) groups excluding carboxylic acids is 2. The van der Waals surface area contributed by atoms with Crippen LogP contribution in [-0.4, -0.2) is 25.0 Å². The van der Waals surface area contributed by atoms with E-state index in [-0.39, 0.29) is 18.4 Å². The lowest BCUT2D eigenvalue weighted by Crippen LogP contribution is -2.28. The van der Waals surface area contributed by atoms with Crippen LogP contribution in [0.15, 0.2) is 42.5 Å². The van der Waals surface area contributed by atoms with Crippen LogP contribution in [0.4, 0.5) is 5.69 Å².